The first-order valence-corrected chi connectivity index (χ1v) is 6.29. The highest BCUT2D eigenvalue weighted by atomic mass is 16.5. The van der Waals surface area contributed by atoms with E-state index in [9.17, 15) is 4.79 Å². The molecule has 0 aromatic heterocycles. The third-order valence-electron chi connectivity index (χ3n) is 3.57. The van der Waals surface area contributed by atoms with Crippen molar-refractivity contribution < 1.29 is 9.53 Å². The van der Waals surface area contributed by atoms with Gasteiger partial charge in [0.2, 0.25) is 5.91 Å². The number of rotatable bonds is 9. The van der Waals surface area contributed by atoms with E-state index in [2.05, 4.69) is 17.1 Å². The smallest absolute Gasteiger partial charge is 0.235 e. The van der Waals surface area contributed by atoms with Crippen LogP contribution in [0, 0.1) is 5.92 Å². The third-order valence-corrected chi connectivity index (χ3v) is 3.57. The number of carbonyl (C=O) groups is 1. The van der Waals surface area contributed by atoms with E-state index in [-0.39, 0.29) is 11.9 Å². The Morgan fingerprint density at radius 1 is 1.59 bits per heavy atom. The van der Waals surface area contributed by atoms with Crippen LogP contribution in [0.4, 0.5) is 0 Å². The number of hydrogen-bond donors (Lipinski definition) is 2. The van der Waals surface area contributed by atoms with Gasteiger partial charge in [0, 0.05) is 26.2 Å². The summed E-state index contributed by atoms with van der Waals surface area (Å²) in [5, 5.41) is 2.97. The van der Waals surface area contributed by atoms with Crippen LogP contribution in [0.1, 0.15) is 19.8 Å². The van der Waals surface area contributed by atoms with Crippen LogP contribution in [0.2, 0.25) is 0 Å². The second kappa shape index (κ2) is 6.93. The molecule has 0 spiro atoms. The number of primary amides is 1. The molecule has 1 aliphatic rings. The van der Waals surface area contributed by atoms with Crippen molar-refractivity contribution in [2.75, 3.05) is 33.9 Å². The Labute approximate surface area is 104 Å². The molecule has 1 rings (SSSR count). The van der Waals surface area contributed by atoms with Crippen molar-refractivity contribution in [2.24, 2.45) is 11.7 Å². The Hall–Kier alpha value is -0.650. The fourth-order valence-electron chi connectivity index (χ4n) is 2.10. The van der Waals surface area contributed by atoms with Crippen LogP contribution in [0.3, 0.4) is 0 Å². The van der Waals surface area contributed by atoms with Crippen LogP contribution in [0.15, 0.2) is 0 Å². The molecule has 1 saturated carbocycles. The van der Waals surface area contributed by atoms with Crippen LogP contribution in [0.5, 0.6) is 0 Å². The van der Waals surface area contributed by atoms with Gasteiger partial charge >= 0.3 is 0 Å². The number of nitrogens with zero attached hydrogens (tertiary/aromatic N) is 1. The molecule has 1 amide bonds. The Morgan fingerprint density at radius 2 is 2.24 bits per heavy atom. The van der Waals surface area contributed by atoms with E-state index in [1.807, 2.05) is 0 Å². The lowest BCUT2D eigenvalue weighted by molar-refractivity contribution is -0.120. The second-order valence-corrected chi connectivity index (χ2v) is 4.81. The van der Waals surface area contributed by atoms with Crippen LogP contribution in [0.25, 0.3) is 0 Å². The minimum Gasteiger partial charge on any atom is -0.383 e. The van der Waals surface area contributed by atoms with Gasteiger partial charge in [-0.05, 0) is 32.7 Å². The van der Waals surface area contributed by atoms with Crippen molar-refractivity contribution in [2.45, 2.75) is 31.8 Å². The normalized spacial score (nSPS) is 19.3. The topological polar surface area (TPSA) is 67.6 Å². The molecule has 0 aromatic rings. The molecule has 100 valence electrons. The molecule has 0 radical (unpaired) electrons. The number of amides is 1. The molecule has 3 N–H and O–H groups in total. The SMILES string of the molecule is CNC(CN(CCOC)C(C)C1CC1)C(N)=O. The highest BCUT2D eigenvalue weighted by Gasteiger charge is 2.33. The molecule has 2 unspecified atom stereocenters. The van der Waals surface area contributed by atoms with E-state index in [4.69, 9.17) is 10.5 Å². The summed E-state index contributed by atoms with van der Waals surface area (Å²) in [4.78, 5) is 13.5. The fourth-order valence-corrected chi connectivity index (χ4v) is 2.10. The molecule has 5 nitrogen and oxygen atoms in total. The van der Waals surface area contributed by atoms with E-state index in [0.717, 1.165) is 12.5 Å². The fraction of sp³-hybridized carbons (Fsp3) is 0.917. The quantitative estimate of drug-likeness (QED) is 0.589. The van der Waals surface area contributed by atoms with Gasteiger partial charge in [0.1, 0.15) is 0 Å². The summed E-state index contributed by atoms with van der Waals surface area (Å²) < 4.78 is 5.12. The lowest BCUT2D eigenvalue weighted by atomic mass is 10.1. The van der Waals surface area contributed by atoms with E-state index in [1.165, 1.54) is 12.8 Å². The van der Waals surface area contributed by atoms with Crippen molar-refractivity contribution in [3.63, 3.8) is 0 Å². The van der Waals surface area contributed by atoms with E-state index >= 15 is 0 Å². The molecule has 2 atom stereocenters. The zero-order chi connectivity index (χ0) is 12.8. The summed E-state index contributed by atoms with van der Waals surface area (Å²) in [6, 6.07) is 0.216. The molecule has 0 bridgehead atoms. The van der Waals surface area contributed by atoms with Crippen molar-refractivity contribution in [1.82, 2.24) is 10.2 Å². The molecule has 17 heavy (non-hydrogen) atoms. The van der Waals surface area contributed by atoms with Crippen molar-refractivity contribution in [3.05, 3.63) is 0 Å². The van der Waals surface area contributed by atoms with Crippen LogP contribution in [-0.4, -0.2) is 56.7 Å². The molecule has 5 heteroatoms. The van der Waals surface area contributed by atoms with E-state index in [0.29, 0.717) is 19.2 Å². The standard InChI is InChI=1S/C12H25N3O2/c1-9(10-4-5-10)15(6-7-17-3)8-11(14-2)12(13)16/h9-11,14H,4-8H2,1-3H3,(H2,13,16). The maximum absolute atomic E-state index is 11.2. The number of carbonyl (C=O) groups excluding carboxylic acids is 1. The summed E-state index contributed by atoms with van der Waals surface area (Å²) >= 11 is 0. The Balaban J connectivity index is 2.51. The molecule has 0 saturated heterocycles. The number of methoxy groups -OCH3 is 1. The highest BCUT2D eigenvalue weighted by Crippen LogP contribution is 2.35. The molecule has 0 aliphatic heterocycles. The maximum Gasteiger partial charge on any atom is 0.235 e. The summed E-state index contributed by atoms with van der Waals surface area (Å²) in [5.74, 6) is 0.482. The van der Waals surface area contributed by atoms with Crippen LogP contribution in [-0.2, 0) is 9.53 Å². The highest BCUT2D eigenvalue weighted by molar-refractivity contribution is 5.80. The number of ether oxygens (including phenoxy) is 1. The number of nitrogens with one attached hydrogen (secondary N) is 1. The molecule has 0 aromatic carbocycles. The predicted molar refractivity (Wildman–Crippen MR) is 67.7 cm³/mol. The van der Waals surface area contributed by atoms with Gasteiger partial charge in [0.05, 0.1) is 12.6 Å². The van der Waals surface area contributed by atoms with Gasteiger partial charge in [-0.3, -0.25) is 9.69 Å². The number of hydrogen-bond acceptors (Lipinski definition) is 4. The van der Waals surface area contributed by atoms with Gasteiger partial charge < -0.3 is 15.8 Å². The summed E-state index contributed by atoms with van der Waals surface area (Å²) in [5.41, 5.74) is 5.36. The van der Waals surface area contributed by atoms with Crippen molar-refractivity contribution in [1.29, 1.82) is 0 Å². The first-order valence-electron chi connectivity index (χ1n) is 6.29. The molecule has 1 fully saturated rings. The minimum atomic E-state index is -0.294. The Kier molecular flexibility index (Phi) is 5.88. The second-order valence-electron chi connectivity index (χ2n) is 4.81. The Morgan fingerprint density at radius 3 is 2.65 bits per heavy atom. The average molecular weight is 243 g/mol. The largest absolute Gasteiger partial charge is 0.383 e. The molecule has 0 heterocycles. The molecule has 1 aliphatic carbocycles. The predicted octanol–water partition coefficient (Wildman–Crippen LogP) is -0.193. The van der Waals surface area contributed by atoms with Gasteiger partial charge in [-0.1, -0.05) is 0 Å². The zero-order valence-electron chi connectivity index (χ0n) is 11.1. The monoisotopic (exact) mass is 243 g/mol. The first-order chi connectivity index (χ1) is 8.10. The minimum absolute atomic E-state index is 0.284. The van der Waals surface area contributed by atoms with Crippen molar-refractivity contribution >= 4 is 5.91 Å². The average Bonchev–Trinajstić information content (AvgIpc) is 3.12. The van der Waals surface area contributed by atoms with Gasteiger partial charge in [0.15, 0.2) is 0 Å². The lowest BCUT2D eigenvalue weighted by Gasteiger charge is -2.31. The number of nitrogens with two attached hydrogens (primary N) is 1. The summed E-state index contributed by atoms with van der Waals surface area (Å²) in [7, 11) is 3.47. The van der Waals surface area contributed by atoms with Gasteiger partial charge in [-0.15, -0.1) is 0 Å². The number of likely N-dealkylation sites (N-methyl/N-ethyl adjacent to an activating group) is 1. The van der Waals surface area contributed by atoms with Gasteiger partial charge in [-0.2, -0.15) is 0 Å². The van der Waals surface area contributed by atoms with Gasteiger partial charge in [0.25, 0.3) is 0 Å². The molecular weight excluding hydrogens is 218 g/mol. The summed E-state index contributed by atoms with van der Waals surface area (Å²) in [6.45, 7) is 4.42. The lowest BCUT2D eigenvalue weighted by Crippen LogP contribution is -2.51. The summed E-state index contributed by atoms with van der Waals surface area (Å²) in [6.07, 6.45) is 2.59. The van der Waals surface area contributed by atoms with Gasteiger partial charge in [-0.25, -0.2) is 0 Å². The van der Waals surface area contributed by atoms with Crippen LogP contribution < -0.4 is 11.1 Å². The molecular formula is C12H25N3O2. The Bertz CT molecular complexity index is 244. The van der Waals surface area contributed by atoms with Crippen LogP contribution >= 0.6 is 0 Å². The van der Waals surface area contributed by atoms with Crippen molar-refractivity contribution in [3.8, 4) is 0 Å². The van der Waals surface area contributed by atoms with E-state index in [1.54, 1.807) is 14.2 Å². The van der Waals surface area contributed by atoms with E-state index < -0.39 is 0 Å². The third kappa shape index (κ3) is 4.61. The zero-order valence-corrected chi connectivity index (χ0v) is 11.1. The first kappa shape index (κ1) is 14.4. The maximum atomic E-state index is 11.2.